The number of hydrogen-bond donors (Lipinski definition) is 1. The van der Waals surface area contributed by atoms with E-state index in [1.54, 1.807) is 24.3 Å². The Kier molecular flexibility index (Phi) is 4.88. The van der Waals surface area contributed by atoms with Gasteiger partial charge >= 0.3 is 0 Å². The second-order valence-corrected chi connectivity index (χ2v) is 5.11. The monoisotopic (exact) mass is 318 g/mol. The molecule has 0 aliphatic heterocycles. The normalized spacial score (nSPS) is 12.1. The molecule has 0 spiro atoms. The molecule has 0 amide bonds. The van der Waals surface area contributed by atoms with Gasteiger partial charge < -0.3 is 5.11 Å². The van der Waals surface area contributed by atoms with Gasteiger partial charge in [0.15, 0.2) is 5.78 Å². The van der Waals surface area contributed by atoms with Gasteiger partial charge in [-0.15, -0.1) is 0 Å². The van der Waals surface area contributed by atoms with E-state index < -0.39 is 6.10 Å². The van der Waals surface area contributed by atoms with E-state index in [2.05, 4.69) is 15.9 Å². The van der Waals surface area contributed by atoms with Crippen LogP contribution in [-0.2, 0) is 6.42 Å². The topological polar surface area (TPSA) is 37.3 Å². The first-order valence-electron chi connectivity index (χ1n) is 6.14. The first-order chi connectivity index (χ1) is 9.22. The van der Waals surface area contributed by atoms with Gasteiger partial charge in [-0.05, 0) is 17.5 Å². The Hall–Kier alpha value is -1.45. The third kappa shape index (κ3) is 3.52. The van der Waals surface area contributed by atoms with Crippen LogP contribution in [-0.4, -0.2) is 16.2 Å². The third-order valence-electron chi connectivity index (χ3n) is 2.99. The standard InChI is InChI=1S/C16H15BrO2/c17-11-10-12-6-8-14(9-7-12)16(19)15(18)13-4-2-1-3-5-13/h1-9,16,19H,10-11H2. The van der Waals surface area contributed by atoms with Gasteiger partial charge in [-0.1, -0.05) is 70.5 Å². The van der Waals surface area contributed by atoms with Crippen molar-refractivity contribution in [3.8, 4) is 0 Å². The highest BCUT2D eigenvalue weighted by Crippen LogP contribution is 2.19. The smallest absolute Gasteiger partial charge is 0.195 e. The molecular weight excluding hydrogens is 304 g/mol. The summed E-state index contributed by atoms with van der Waals surface area (Å²) in [4.78, 5) is 12.1. The summed E-state index contributed by atoms with van der Waals surface area (Å²) in [6.07, 6.45) is -0.163. The summed E-state index contributed by atoms with van der Waals surface area (Å²) in [7, 11) is 0. The molecule has 1 unspecified atom stereocenters. The SMILES string of the molecule is O=C(c1ccccc1)C(O)c1ccc(CCBr)cc1. The Labute approximate surface area is 121 Å². The molecule has 2 aromatic carbocycles. The van der Waals surface area contributed by atoms with Crippen LogP contribution in [0.3, 0.4) is 0 Å². The largest absolute Gasteiger partial charge is 0.380 e. The number of carbonyl (C=O) groups excluding carboxylic acids is 1. The Balaban J connectivity index is 2.15. The lowest BCUT2D eigenvalue weighted by Gasteiger charge is -2.10. The Morgan fingerprint density at radius 1 is 1.05 bits per heavy atom. The lowest BCUT2D eigenvalue weighted by molar-refractivity contribution is 0.0747. The van der Waals surface area contributed by atoms with Crippen LogP contribution < -0.4 is 0 Å². The van der Waals surface area contributed by atoms with Crippen LogP contribution in [0.25, 0.3) is 0 Å². The zero-order valence-corrected chi connectivity index (χ0v) is 12.0. The highest BCUT2D eigenvalue weighted by Gasteiger charge is 2.18. The molecule has 3 heteroatoms. The maximum absolute atomic E-state index is 12.1. The summed E-state index contributed by atoms with van der Waals surface area (Å²) in [6, 6.07) is 16.4. The molecule has 1 N–H and O–H groups in total. The van der Waals surface area contributed by atoms with E-state index in [4.69, 9.17) is 0 Å². The zero-order chi connectivity index (χ0) is 13.7. The average Bonchev–Trinajstić information content (AvgIpc) is 2.48. The van der Waals surface area contributed by atoms with Crippen molar-refractivity contribution in [1.82, 2.24) is 0 Å². The molecule has 1 atom stereocenters. The van der Waals surface area contributed by atoms with Crippen LogP contribution in [0.1, 0.15) is 27.6 Å². The molecule has 2 nitrogen and oxygen atoms in total. The van der Waals surface area contributed by atoms with Crippen molar-refractivity contribution in [2.24, 2.45) is 0 Å². The van der Waals surface area contributed by atoms with Gasteiger partial charge in [-0.3, -0.25) is 4.79 Å². The van der Waals surface area contributed by atoms with Crippen molar-refractivity contribution >= 4 is 21.7 Å². The Morgan fingerprint density at radius 3 is 2.26 bits per heavy atom. The maximum atomic E-state index is 12.1. The molecule has 98 valence electrons. The molecule has 0 bridgehead atoms. The summed E-state index contributed by atoms with van der Waals surface area (Å²) in [5.41, 5.74) is 2.34. The number of carbonyl (C=O) groups is 1. The molecular formula is C16H15BrO2. The number of hydrogen-bond acceptors (Lipinski definition) is 2. The van der Waals surface area contributed by atoms with Gasteiger partial charge in [-0.2, -0.15) is 0 Å². The third-order valence-corrected chi connectivity index (χ3v) is 3.38. The van der Waals surface area contributed by atoms with Gasteiger partial charge in [0.1, 0.15) is 6.10 Å². The predicted octanol–water partition coefficient (Wildman–Crippen LogP) is 3.54. The van der Waals surface area contributed by atoms with Crippen molar-refractivity contribution in [3.63, 3.8) is 0 Å². The van der Waals surface area contributed by atoms with Crippen molar-refractivity contribution in [3.05, 3.63) is 71.3 Å². The first kappa shape index (κ1) is 14.0. The summed E-state index contributed by atoms with van der Waals surface area (Å²) >= 11 is 3.38. The number of benzene rings is 2. The quantitative estimate of drug-likeness (QED) is 0.676. The Morgan fingerprint density at radius 2 is 1.68 bits per heavy atom. The van der Waals surface area contributed by atoms with E-state index in [1.807, 2.05) is 30.3 Å². The predicted molar refractivity (Wildman–Crippen MR) is 79.7 cm³/mol. The number of aliphatic hydroxyl groups excluding tert-OH is 1. The van der Waals surface area contributed by atoms with Gasteiger partial charge in [0.2, 0.25) is 0 Å². The van der Waals surface area contributed by atoms with Gasteiger partial charge in [0.25, 0.3) is 0 Å². The van der Waals surface area contributed by atoms with Crippen LogP contribution in [0.4, 0.5) is 0 Å². The molecule has 0 heterocycles. The van der Waals surface area contributed by atoms with E-state index in [0.717, 1.165) is 11.8 Å². The van der Waals surface area contributed by atoms with Gasteiger partial charge in [0.05, 0.1) is 0 Å². The maximum Gasteiger partial charge on any atom is 0.195 e. The molecule has 0 radical (unpaired) electrons. The molecule has 19 heavy (non-hydrogen) atoms. The van der Waals surface area contributed by atoms with E-state index in [9.17, 15) is 9.90 Å². The summed E-state index contributed by atoms with van der Waals surface area (Å²) in [5, 5.41) is 11.0. The van der Waals surface area contributed by atoms with E-state index in [0.29, 0.717) is 11.1 Å². The van der Waals surface area contributed by atoms with Crippen molar-refractivity contribution in [2.45, 2.75) is 12.5 Å². The van der Waals surface area contributed by atoms with Crippen LogP contribution in [0.2, 0.25) is 0 Å². The fourth-order valence-electron chi connectivity index (χ4n) is 1.89. The summed E-state index contributed by atoms with van der Waals surface area (Å²) in [5.74, 6) is -0.270. The number of aryl methyl sites for hydroxylation is 1. The molecule has 2 aromatic rings. The highest BCUT2D eigenvalue weighted by molar-refractivity contribution is 9.09. The highest BCUT2D eigenvalue weighted by atomic mass is 79.9. The van der Waals surface area contributed by atoms with Gasteiger partial charge in [-0.25, -0.2) is 0 Å². The minimum absolute atomic E-state index is 0.270. The second-order valence-electron chi connectivity index (χ2n) is 4.31. The minimum Gasteiger partial charge on any atom is -0.380 e. The molecule has 2 rings (SSSR count). The number of Topliss-reactive ketones (excluding diaryl/α,β-unsaturated/α-hetero) is 1. The van der Waals surface area contributed by atoms with E-state index >= 15 is 0 Å². The number of halogens is 1. The molecule has 0 aliphatic rings. The van der Waals surface area contributed by atoms with Crippen molar-refractivity contribution < 1.29 is 9.90 Å². The first-order valence-corrected chi connectivity index (χ1v) is 7.26. The van der Waals surface area contributed by atoms with E-state index in [-0.39, 0.29) is 5.78 Å². The zero-order valence-electron chi connectivity index (χ0n) is 10.4. The van der Waals surface area contributed by atoms with Crippen LogP contribution >= 0.6 is 15.9 Å². The lowest BCUT2D eigenvalue weighted by Crippen LogP contribution is -2.12. The summed E-state index contributed by atoms with van der Waals surface area (Å²) in [6.45, 7) is 0. The number of rotatable bonds is 5. The Bertz CT molecular complexity index is 534. The van der Waals surface area contributed by atoms with Crippen LogP contribution in [0, 0.1) is 0 Å². The number of alkyl halides is 1. The van der Waals surface area contributed by atoms with Crippen LogP contribution in [0.15, 0.2) is 54.6 Å². The fraction of sp³-hybridized carbons (Fsp3) is 0.188. The second kappa shape index (κ2) is 6.64. The molecule has 0 aliphatic carbocycles. The lowest BCUT2D eigenvalue weighted by atomic mass is 9.99. The summed E-state index contributed by atoms with van der Waals surface area (Å²) < 4.78 is 0. The fourth-order valence-corrected chi connectivity index (χ4v) is 2.35. The van der Waals surface area contributed by atoms with Crippen molar-refractivity contribution in [1.29, 1.82) is 0 Å². The van der Waals surface area contributed by atoms with Crippen LogP contribution in [0.5, 0.6) is 0 Å². The minimum atomic E-state index is -1.10. The van der Waals surface area contributed by atoms with E-state index in [1.165, 1.54) is 5.56 Å². The number of aliphatic hydroxyl groups is 1. The molecule has 0 aromatic heterocycles. The molecule has 0 saturated carbocycles. The average molecular weight is 319 g/mol. The van der Waals surface area contributed by atoms with Crippen molar-refractivity contribution in [2.75, 3.05) is 5.33 Å². The molecule has 0 fully saturated rings. The van der Waals surface area contributed by atoms with Gasteiger partial charge in [0, 0.05) is 10.9 Å². The number of ketones is 1. The molecule has 0 saturated heterocycles.